The molecule has 0 aliphatic carbocycles. The number of oxime groups is 1. The van der Waals surface area contributed by atoms with Gasteiger partial charge in [-0.15, -0.1) is 0 Å². The lowest BCUT2D eigenvalue weighted by Gasteiger charge is -2.27. The van der Waals surface area contributed by atoms with E-state index < -0.39 is 0 Å². The van der Waals surface area contributed by atoms with Gasteiger partial charge < -0.3 is 19.8 Å². The molecule has 0 amide bonds. The van der Waals surface area contributed by atoms with Crippen LogP contribution in [0, 0.1) is 0 Å². The average molecular weight is 285 g/mol. The van der Waals surface area contributed by atoms with E-state index in [0.29, 0.717) is 29.2 Å². The van der Waals surface area contributed by atoms with Gasteiger partial charge >= 0.3 is 0 Å². The number of hydrogen-bond acceptors (Lipinski definition) is 5. The molecule has 0 aromatic heterocycles. The van der Waals surface area contributed by atoms with E-state index in [1.54, 1.807) is 6.07 Å². The van der Waals surface area contributed by atoms with Crippen LogP contribution >= 0.6 is 0 Å². The van der Waals surface area contributed by atoms with Crippen molar-refractivity contribution in [1.29, 1.82) is 0 Å². The number of benzene rings is 2. The molecule has 0 radical (unpaired) electrons. The molecule has 0 saturated heterocycles. The summed E-state index contributed by atoms with van der Waals surface area (Å²) in [7, 11) is 1.51. The second-order valence-corrected chi connectivity index (χ2v) is 4.79. The maximum atomic E-state index is 10.1. The van der Waals surface area contributed by atoms with Gasteiger partial charge in [-0.25, -0.2) is 0 Å². The highest BCUT2D eigenvalue weighted by Gasteiger charge is 2.29. The van der Waals surface area contributed by atoms with Gasteiger partial charge in [0.2, 0.25) is 0 Å². The fourth-order valence-electron chi connectivity index (χ4n) is 2.49. The second kappa shape index (κ2) is 5.36. The molecule has 0 unspecified atom stereocenters. The predicted molar refractivity (Wildman–Crippen MR) is 77.4 cm³/mol. The third-order valence-corrected chi connectivity index (χ3v) is 3.52. The summed E-state index contributed by atoms with van der Waals surface area (Å²) in [5.74, 6) is 0.903. The van der Waals surface area contributed by atoms with Crippen molar-refractivity contribution in [2.45, 2.75) is 12.5 Å². The SMILES string of the molecule is COc1cc(O)c2c(c1)O[C@H](c1ccccc1)C/C2=N\O. The lowest BCUT2D eigenvalue weighted by Crippen LogP contribution is -2.21. The molecule has 5 heteroatoms. The van der Waals surface area contributed by atoms with E-state index in [1.165, 1.54) is 13.2 Å². The van der Waals surface area contributed by atoms with Crippen LogP contribution in [0.2, 0.25) is 0 Å². The van der Waals surface area contributed by atoms with Gasteiger partial charge in [-0.1, -0.05) is 35.5 Å². The topological polar surface area (TPSA) is 71.3 Å². The quantitative estimate of drug-likeness (QED) is 0.657. The maximum absolute atomic E-state index is 10.1. The third-order valence-electron chi connectivity index (χ3n) is 3.52. The minimum atomic E-state index is -0.267. The highest BCUT2D eigenvalue weighted by Crippen LogP contribution is 2.42. The normalized spacial score (nSPS) is 18.9. The number of rotatable bonds is 2. The number of nitrogens with zero attached hydrogens (tertiary/aromatic N) is 1. The molecular formula is C16H15NO4. The summed E-state index contributed by atoms with van der Waals surface area (Å²) >= 11 is 0. The Morgan fingerprint density at radius 3 is 2.67 bits per heavy atom. The molecule has 0 spiro atoms. The molecule has 0 bridgehead atoms. The van der Waals surface area contributed by atoms with E-state index in [-0.39, 0.29) is 11.9 Å². The Kier molecular flexibility index (Phi) is 3.39. The molecule has 1 atom stereocenters. The first-order chi connectivity index (χ1) is 10.2. The van der Waals surface area contributed by atoms with Gasteiger partial charge in [-0.2, -0.15) is 0 Å². The number of hydrogen-bond donors (Lipinski definition) is 2. The molecule has 0 fully saturated rings. The Labute approximate surface area is 122 Å². The summed E-state index contributed by atoms with van der Waals surface area (Å²) in [6, 6.07) is 12.8. The summed E-state index contributed by atoms with van der Waals surface area (Å²) in [5.41, 5.74) is 1.78. The van der Waals surface area contributed by atoms with Gasteiger partial charge in [0.1, 0.15) is 23.4 Å². The van der Waals surface area contributed by atoms with Crippen molar-refractivity contribution in [1.82, 2.24) is 0 Å². The van der Waals surface area contributed by atoms with Gasteiger partial charge in [-0.05, 0) is 5.56 Å². The lowest BCUT2D eigenvalue weighted by atomic mass is 9.95. The zero-order valence-electron chi connectivity index (χ0n) is 11.5. The highest BCUT2D eigenvalue weighted by molar-refractivity contribution is 6.06. The third kappa shape index (κ3) is 2.38. The lowest BCUT2D eigenvalue weighted by molar-refractivity contribution is 0.200. The molecule has 1 heterocycles. The van der Waals surface area contributed by atoms with Crippen LogP contribution in [-0.4, -0.2) is 23.1 Å². The minimum absolute atomic E-state index is 0.0244. The summed E-state index contributed by atoms with van der Waals surface area (Å²) < 4.78 is 11.1. The van der Waals surface area contributed by atoms with Crippen molar-refractivity contribution in [3.8, 4) is 17.2 Å². The van der Waals surface area contributed by atoms with Crippen molar-refractivity contribution < 1.29 is 19.8 Å². The van der Waals surface area contributed by atoms with E-state index in [1.807, 2.05) is 30.3 Å². The van der Waals surface area contributed by atoms with Gasteiger partial charge in [0.25, 0.3) is 0 Å². The number of phenols is 1. The number of fused-ring (bicyclic) bond motifs is 1. The number of aromatic hydroxyl groups is 1. The second-order valence-electron chi connectivity index (χ2n) is 4.79. The Morgan fingerprint density at radius 1 is 1.24 bits per heavy atom. The van der Waals surface area contributed by atoms with Crippen LogP contribution in [-0.2, 0) is 0 Å². The molecule has 5 nitrogen and oxygen atoms in total. The van der Waals surface area contributed by atoms with Crippen LogP contribution in [0.5, 0.6) is 17.2 Å². The molecule has 2 N–H and O–H groups in total. The number of phenolic OH excluding ortho intramolecular Hbond substituents is 1. The first kappa shape index (κ1) is 13.3. The first-order valence-electron chi connectivity index (χ1n) is 6.57. The molecule has 21 heavy (non-hydrogen) atoms. The van der Waals surface area contributed by atoms with Crippen molar-refractivity contribution in [3.05, 3.63) is 53.6 Å². The minimum Gasteiger partial charge on any atom is -0.507 e. The molecule has 1 aliphatic heterocycles. The molecule has 3 rings (SSSR count). The predicted octanol–water partition coefficient (Wildman–Crippen LogP) is 3.10. The van der Waals surface area contributed by atoms with E-state index in [2.05, 4.69) is 5.16 Å². The Bertz CT molecular complexity index is 682. The van der Waals surface area contributed by atoms with Crippen LogP contribution in [0.4, 0.5) is 0 Å². The van der Waals surface area contributed by atoms with Crippen LogP contribution in [0.3, 0.4) is 0 Å². The van der Waals surface area contributed by atoms with Crippen LogP contribution in [0.25, 0.3) is 0 Å². The zero-order valence-corrected chi connectivity index (χ0v) is 11.5. The smallest absolute Gasteiger partial charge is 0.136 e. The molecule has 2 aromatic carbocycles. The number of ether oxygens (including phenoxy) is 2. The largest absolute Gasteiger partial charge is 0.507 e. The summed E-state index contributed by atoms with van der Waals surface area (Å²) in [6.45, 7) is 0. The summed E-state index contributed by atoms with van der Waals surface area (Å²) in [5, 5.41) is 22.6. The zero-order chi connectivity index (χ0) is 14.8. The molecular weight excluding hydrogens is 270 g/mol. The van der Waals surface area contributed by atoms with Gasteiger partial charge in [0.05, 0.1) is 18.4 Å². The average Bonchev–Trinajstić information content (AvgIpc) is 2.54. The van der Waals surface area contributed by atoms with Crippen molar-refractivity contribution in [2.24, 2.45) is 5.16 Å². The van der Waals surface area contributed by atoms with Crippen molar-refractivity contribution in [3.63, 3.8) is 0 Å². The Hall–Kier alpha value is -2.69. The van der Waals surface area contributed by atoms with Crippen LogP contribution < -0.4 is 9.47 Å². The Morgan fingerprint density at radius 2 is 2.00 bits per heavy atom. The Balaban J connectivity index is 2.06. The molecule has 108 valence electrons. The fraction of sp³-hybridized carbons (Fsp3) is 0.188. The van der Waals surface area contributed by atoms with E-state index >= 15 is 0 Å². The van der Waals surface area contributed by atoms with Crippen LogP contribution in [0.15, 0.2) is 47.6 Å². The highest BCUT2D eigenvalue weighted by atomic mass is 16.5. The van der Waals surface area contributed by atoms with Crippen molar-refractivity contribution >= 4 is 5.71 Å². The van der Waals surface area contributed by atoms with E-state index in [0.717, 1.165) is 5.56 Å². The van der Waals surface area contributed by atoms with Gasteiger partial charge in [-0.3, -0.25) is 0 Å². The maximum Gasteiger partial charge on any atom is 0.136 e. The first-order valence-corrected chi connectivity index (χ1v) is 6.57. The van der Waals surface area contributed by atoms with Gasteiger partial charge in [0, 0.05) is 18.6 Å². The standard InChI is InChI=1S/C16H15NO4/c1-20-11-7-13(18)16-12(17-19)9-14(21-15(16)8-11)10-5-3-2-4-6-10/h2-8,14,18-19H,9H2,1H3/b17-12+/t14-/m0/s1. The van der Waals surface area contributed by atoms with Crippen molar-refractivity contribution in [2.75, 3.05) is 7.11 Å². The van der Waals surface area contributed by atoms with Crippen LogP contribution in [0.1, 0.15) is 23.7 Å². The van der Waals surface area contributed by atoms with Gasteiger partial charge in [0.15, 0.2) is 0 Å². The molecule has 2 aromatic rings. The monoisotopic (exact) mass is 285 g/mol. The van der Waals surface area contributed by atoms with E-state index in [4.69, 9.17) is 9.47 Å². The fourth-order valence-corrected chi connectivity index (χ4v) is 2.49. The summed E-state index contributed by atoms with van der Waals surface area (Å²) in [6.07, 6.45) is 0.115. The number of methoxy groups -OCH3 is 1. The molecule has 1 aliphatic rings. The van der Waals surface area contributed by atoms with E-state index in [9.17, 15) is 10.3 Å². The molecule has 0 saturated carbocycles. The summed E-state index contributed by atoms with van der Waals surface area (Å²) in [4.78, 5) is 0.